The molecule has 0 bridgehead atoms. The molecule has 228 valence electrons. The Balaban J connectivity index is 1.36. The second-order valence-electron chi connectivity index (χ2n) is 11.1. The number of sulfonamides is 1. The summed E-state index contributed by atoms with van der Waals surface area (Å²) in [5.74, 6) is -0.559. The first-order chi connectivity index (χ1) is 21.7. The lowest BCUT2D eigenvalue weighted by molar-refractivity contribution is 0.0643. The minimum atomic E-state index is -3.46. The Morgan fingerprint density at radius 2 is 1.42 bits per heavy atom. The van der Waals surface area contributed by atoms with E-state index in [4.69, 9.17) is 5.10 Å². The van der Waals surface area contributed by atoms with Gasteiger partial charge in [-0.3, -0.25) is 14.5 Å². The Morgan fingerprint density at radius 1 is 0.844 bits per heavy atom. The Labute approximate surface area is 262 Å². The number of hydrogen-bond donors (Lipinski definition) is 1. The summed E-state index contributed by atoms with van der Waals surface area (Å²) in [7, 11) is -3.46. The second-order valence-corrected chi connectivity index (χ2v) is 12.9. The number of carbonyl (C=O) groups excluding carboxylic acids is 2. The van der Waals surface area contributed by atoms with E-state index in [2.05, 4.69) is 4.72 Å². The van der Waals surface area contributed by atoms with Crippen LogP contribution in [0.3, 0.4) is 0 Å². The van der Waals surface area contributed by atoms with E-state index in [0.717, 1.165) is 17.4 Å². The Bertz CT molecular complexity index is 1920. The summed E-state index contributed by atoms with van der Waals surface area (Å²) in [4.78, 5) is 31.7. The minimum absolute atomic E-state index is 0.0926. The highest BCUT2D eigenvalue weighted by Gasteiger charge is 2.32. The fraction of sp³-hybridized carbons (Fsp3) is 0.171. The third kappa shape index (κ3) is 6.43. The molecule has 0 spiro atoms. The van der Waals surface area contributed by atoms with Gasteiger partial charge in [0, 0.05) is 36.2 Å². The molecule has 9 nitrogen and oxygen atoms in total. The van der Waals surface area contributed by atoms with E-state index in [1.165, 1.54) is 0 Å². The molecule has 45 heavy (non-hydrogen) atoms. The summed E-state index contributed by atoms with van der Waals surface area (Å²) in [6.07, 6.45) is 1.63. The van der Waals surface area contributed by atoms with E-state index in [1.54, 1.807) is 38.7 Å². The maximum absolute atomic E-state index is 14.3. The van der Waals surface area contributed by atoms with E-state index in [-0.39, 0.29) is 24.1 Å². The fourth-order valence-corrected chi connectivity index (χ4v) is 6.22. The standard InChI is InChI=1S/C35H33N5O4S/c1-25-21-32(35(42)39(28-15-5-3-6-16-28)29-17-7-4-8-18-29)37-40(25)33-20-12-11-19-31(33)34(41)38-24-27-14-10-9-13-26(27)22-30(38)23-36-45(2,43)44/h3-21,30,36H,22-24H2,1-2H3/t30-/m0/s1. The average molecular weight is 620 g/mol. The number of para-hydroxylation sites is 3. The first-order valence-corrected chi connectivity index (χ1v) is 16.5. The number of fused-ring (bicyclic) bond motifs is 1. The van der Waals surface area contributed by atoms with Crippen molar-refractivity contribution >= 4 is 33.2 Å². The molecule has 1 aliphatic rings. The van der Waals surface area contributed by atoms with Crippen LogP contribution in [0.1, 0.15) is 37.7 Å². The van der Waals surface area contributed by atoms with Gasteiger partial charge in [0.2, 0.25) is 10.0 Å². The molecular formula is C35H33N5O4S. The lowest BCUT2D eigenvalue weighted by Gasteiger charge is -2.37. The van der Waals surface area contributed by atoms with E-state index in [9.17, 15) is 18.0 Å². The van der Waals surface area contributed by atoms with E-state index < -0.39 is 16.1 Å². The molecule has 0 fully saturated rings. The van der Waals surface area contributed by atoms with Gasteiger partial charge < -0.3 is 4.90 Å². The molecule has 0 saturated carbocycles. The number of nitrogens with one attached hydrogen (secondary N) is 1. The van der Waals surface area contributed by atoms with Crippen molar-refractivity contribution in [1.82, 2.24) is 19.4 Å². The number of carbonyl (C=O) groups is 2. The molecule has 1 aliphatic heterocycles. The van der Waals surface area contributed by atoms with Gasteiger partial charge in [-0.15, -0.1) is 0 Å². The summed E-state index contributed by atoms with van der Waals surface area (Å²) >= 11 is 0. The highest BCUT2D eigenvalue weighted by Crippen LogP contribution is 2.29. The summed E-state index contributed by atoms with van der Waals surface area (Å²) in [5.41, 5.74) is 5.34. The van der Waals surface area contributed by atoms with Crippen LogP contribution in [0, 0.1) is 6.92 Å². The Hall–Kier alpha value is -5.06. The number of benzene rings is 4. The summed E-state index contributed by atoms with van der Waals surface area (Å²) in [6.45, 7) is 2.27. The summed E-state index contributed by atoms with van der Waals surface area (Å²) in [6, 6.07) is 35.1. The molecule has 2 heterocycles. The maximum Gasteiger partial charge on any atom is 0.283 e. The van der Waals surface area contributed by atoms with Gasteiger partial charge in [-0.05, 0) is 66.9 Å². The number of amides is 2. The van der Waals surface area contributed by atoms with Crippen molar-refractivity contribution in [2.24, 2.45) is 0 Å². The van der Waals surface area contributed by atoms with Crippen LogP contribution in [0.2, 0.25) is 0 Å². The molecule has 6 rings (SSSR count). The summed E-state index contributed by atoms with van der Waals surface area (Å²) in [5, 5.41) is 4.73. The molecule has 1 N–H and O–H groups in total. The topological polar surface area (TPSA) is 105 Å². The highest BCUT2D eigenvalue weighted by atomic mass is 32.2. The molecule has 4 aromatic carbocycles. The minimum Gasteiger partial charge on any atom is -0.330 e. The van der Waals surface area contributed by atoms with Crippen LogP contribution in [-0.2, 0) is 23.0 Å². The van der Waals surface area contributed by atoms with Crippen LogP contribution >= 0.6 is 0 Å². The third-order valence-electron chi connectivity index (χ3n) is 7.90. The van der Waals surface area contributed by atoms with Crippen molar-refractivity contribution < 1.29 is 18.0 Å². The Kier molecular flexibility index (Phi) is 8.34. The normalized spacial score (nSPS) is 14.5. The van der Waals surface area contributed by atoms with Crippen molar-refractivity contribution in [2.75, 3.05) is 17.7 Å². The van der Waals surface area contributed by atoms with E-state index in [1.807, 2.05) is 97.9 Å². The van der Waals surface area contributed by atoms with Gasteiger partial charge in [0.15, 0.2) is 5.69 Å². The van der Waals surface area contributed by atoms with Gasteiger partial charge >= 0.3 is 0 Å². The smallest absolute Gasteiger partial charge is 0.283 e. The number of anilines is 2. The van der Waals surface area contributed by atoms with Crippen LogP contribution in [0.15, 0.2) is 115 Å². The number of aryl methyl sites for hydroxylation is 1. The van der Waals surface area contributed by atoms with Gasteiger partial charge in [0.05, 0.1) is 17.5 Å². The van der Waals surface area contributed by atoms with Gasteiger partial charge in [-0.1, -0.05) is 72.8 Å². The quantitative estimate of drug-likeness (QED) is 0.255. The molecule has 0 saturated heterocycles. The predicted molar refractivity (Wildman–Crippen MR) is 174 cm³/mol. The molecule has 10 heteroatoms. The van der Waals surface area contributed by atoms with Crippen LogP contribution in [-0.4, -0.2) is 53.8 Å². The zero-order chi connectivity index (χ0) is 31.6. The average Bonchev–Trinajstić information content (AvgIpc) is 3.45. The first-order valence-electron chi connectivity index (χ1n) is 14.6. The zero-order valence-corrected chi connectivity index (χ0v) is 25.8. The van der Waals surface area contributed by atoms with Crippen LogP contribution < -0.4 is 9.62 Å². The number of rotatable bonds is 8. The molecule has 5 aromatic rings. The molecule has 2 amide bonds. The molecule has 1 atom stereocenters. The second kappa shape index (κ2) is 12.5. The predicted octanol–water partition coefficient (Wildman–Crippen LogP) is 5.28. The van der Waals surface area contributed by atoms with Crippen LogP contribution in [0.5, 0.6) is 0 Å². The maximum atomic E-state index is 14.3. The monoisotopic (exact) mass is 619 g/mol. The van der Waals surface area contributed by atoms with Gasteiger partial charge in [0.25, 0.3) is 11.8 Å². The van der Waals surface area contributed by atoms with Crippen molar-refractivity contribution in [3.63, 3.8) is 0 Å². The SMILES string of the molecule is Cc1cc(C(=O)N(c2ccccc2)c2ccccc2)nn1-c1ccccc1C(=O)N1Cc2ccccc2C[C@H]1CNS(C)(=O)=O. The van der Waals surface area contributed by atoms with Crippen molar-refractivity contribution in [3.05, 3.63) is 143 Å². The van der Waals surface area contributed by atoms with Crippen LogP contribution in [0.25, 0.3) is 5.69 Å². The molecular weight excluding hydrogens is 586 g/mol. The van der Waals surface area contributed by atoms with Crippen LogP contribution in [0.4, 0.5) is 11.4 Å². The number of hydrogen-bond acceptors (Lipinski definition) is 5. The highest BCUT2D eigenvalue weighted by molar-refractivity contribution is 7.88. The van der Waals surface area contributed by atoms with E-state index >= 15 is 0 Å². The molecule has 0 unspecified atom stereocenters. The Morgan fingerprint density at radius 3 is 2.07 bits per heavy atom. The van der Waals surface area contributed by atoms with Crippen molar-refractivity contribution in [3.8, 4) is 5.69 Å². The number of nitrogens with zero attached hydrogens (tertiary/aromatic N) is 4. The largest absolute Gasteiger partial charge is 0.330 e. The number of aromatic nitrogens is 2. The molecule has 0 radical (unpaired) electrons. The third-order valence-corrected chi connectivity index (χ3v) is 8.59. The lowest BCUT2D eigenvalue weighted by Crippen LogP contribution is -2.50. The molecule has 1 aromatic heterocycles. The van der Waals surface area contributed by atoms with Gasteiger partial charge in [-0.25, -0.2) is 17.8 Å². The van der Waals surface area contributed by atoms with Crippen molar-refractivity contribution in [2.45, 2.75) is 25.9 Å². The van der Waals surface area contributed by atoms with Crippen molar-refractivity contribution in [1.29, 1.82) is 0 Å². The van der Waals surface area contributed by atoms with Gasteiger partial charge in [0.1, 0.15) is 0 Å². The van der Waals surface area contributed by atoms with Gasteiger partial charge in [-0.2, -0.15) is 5.10 Å². The first kappa shape index (κ1) is 30.0. The summed E-state index contributed by atoms with van der Waals surface area (Å²) < 4.78 is 28.2. The fourth-order valence-electron chi connectivity index (χ4n) is 5.72. The lowest BCUT2D eigenvalue weighted by atomic mass is 9.93. The zero-order valence-electron chi connectivity index (χ0n) is 25.0. The molecule has 0 aliphatic carbocycles. The van der Waals surface area contributed by atoms with E-state index in [0.29, 0.717) is 41.3 Å².